The molecule has 26 heavy (non-hydrogen) atoms. The molecule has 1 aromatic carbocycles. The van der Waals surface area contributed by atoms with Gasteiger partial charge in [0.1, 0.15) is 18.2 Å². The number of hydrogen-bond donors (Lipinski definition) is 1. The number of aromatic nitrogens is 2. The molecule has 0 amide bonds. The molecule has 144 valence electrons. The Hall–Kier alpha value is -2.21. The van der Waals surface area contributed by atoms with Crippen LogP contribution in [0.5, 0.6) is 5.75 Å². The third-order valence-electron chi connectivity index (χ3n) is 3.88. The summed E-state index contributed by atoms with van der Waals surface area (Å²) in [4.78, 5) is 8.63. The standard InChI is InChI=1S/C20H28FN3O2.H2/c1-14(2)17-6-5-16(21)13-19(17)26-12-11-25-10-9-23-20-22-8-7-18(24-20)15(3)4;/h5-8,13-15H,9-12H2,1-4H3,(H,22,23,24);1H. The molecule has 0 aliphatic heterocycles. The lowest BCUT2D eigenvalue weighted by molar-refractivity contribution is 0.107. The zero-order valence-electron chi connectivity index (χ0n) is 16.0. The van der Waals surface area contributed by atoms with Crippen LogP contribution in [-0.2, 0) is 4.74 Å². The van der Waals surface area contributed by atoms with Crippen LogP contribution in [0.1, 0.15) is 52.2 Å². The molecule has 0 saturated heterocycles. The van der Waals surface area contributed by atoms with Gasteiger partial charge in [-0.25, -0.2) is 14.4 Å². The number of halogens is 1. The fourth-order valence-corrected chi connectivity index (χ4v) is 2.44. The second-order valence-corrected chi connectivity index (χ2v) is 6.68. The number of ether oxygens (including phenoxy) is 2. The zero-order valence-corrected chi connectivity index (χ0v) is 16.0. The number of anilines is 1. The number of nitrogens with zero attached hydrogens (tertiary/aromatic N) is 2. The van der Waals surface area contributed by atoms with Crippen molar-refractivity contribution in [3.8, 4) is 5.75 Å². The zero-order chi connectivity index (χ0) is 18.9. The Bertz CT molecular complexity index is 699. The molecule has 2 aromatic rings. The van der Waals surface area contributed by atoms with Crippen molar-refractivity contribution < 1.29 is 15.3 Å². The van der Waals surface area contributed by atoms with E-state index in [2.05, 4.69) is 43.0 Å². The highest BCUT2D eigenvalue weighted by Crippen LogP contribution is 2.27. The summed E-state index contributed by atoms with van der Waals surface area (Å²) in [5.41, 5.74) is 2.00. The lowest BCUT2D eigenvalue weighted by atomic mass is 10.0. The molecular weight excluding hydrogens is 333 g/mol. The summed E-state index contributed by atoms with van der Waals surface area (Å²) < 4.78 is 24.6. The van der Waals surface area contributed by atoms with Crippen LogP contribution in [-0.4, -0.2) is 36.3 Å². The van der Waals surface area contributed by atoms with E-state index >= 15 is 0 Å². The Labute approximate surface area is 156 Å². The fourth-order valence-electron chi connectivity index (χ4n) is 2.44. The summed E-state index contributed by atoms with van der Waals surface area (Å²) in [6.07, 6.45) is 1.75. The quantitative estimate of drug-likeness (QED) is 0.625. The molecule has 1 aromatic heterocycles. The van der Waals surface area contributed by atoms with Gasteiger partial charge in [-0.1, -0.05) is 33.8 Å². The third kappa shape index (κ3) is 6.26. The van der Waals surface area contributed by atoms with E-state index in [1.165, 1.54) is 12.1 Å². The van der Waals surface area contributed by atoms with Gasteiger partial charge < -0.3 is 14.8 Å². The molecule has 0 unspecified atom stereocenters. The number of benzene rings is 1. The van der Waals surface area contributed by atoms with E-state index in [0.29, 0.717) is 44.0 Å². The molecule has 0 atom stereocenters. The average Bonchev–Trinajstić information content (AvgIpc) is 2.61. The van der Waals surface area contributed by atoms with Gasteiger partial charge in [0, 0.05) is 25.9 Å². The van der Waals surface area contributed by atoms with Crippen molar-refractivity contribution in [2.24, 2.45) is 0 Å². The van der Waals surface area contributed by atoms with Gasteiger partial charge in [-0.2, -0.15) is 0 Å². The van der Waals surface area contributed by atoms with Gasteiger partial charge in [0.2, 0.25) is 5.95 Å². The Kier molecular flexibility index (Phi) is 7.78. The Morgan fingerprint density at radius 3 is 2.62 bits per heavy atom. The Morgan fingerprint density at radius 2 is 1.88 bits per heavy atom. The number of hydrogen-bond acceptors (Lipinski definition) is 5. The van der Waals surface area contributed by atoms with Crippen molar-refractivity contribution in [1.82, 2.24) is 9.97 Å². The lowest BCUT2D eigenvalue weighted by Gasteiger charge is -2.14. The predicted molar refractivity (Wildman–Crippen MR) is 104 cm³/mol. The van der Waals surface area contributed by atoms with E-state index in [-0.39, 0.29) is 13.2 Å². The molecule has 0 fully saturated rings. The first-order valence-corrected chi connectivity index (χ1v) is 9.04. The van der Waals surface area contributed by atoms with E-state index in [9.17, 15) is 4.39 Å². The third-order valence-corrected chi connectivity index (χ3v) is 3.88. The van der Waals surface area contributed by atoms with Crippen molar-refractivity contribution in [2.75, 3.05) is 31.7 Å². The van der Waals surface area contributed by atoms with Crippen LogP contribution >= 0.6 is 0 Å². The van der Waals surface area contributed by atoms with Crippen molar-refractivity contribution in [3.63, 3.8) is 0 Å². The molecule has 0 radical (unpaired) electrons. The monoisotopic (exact) mass is 363 g/mol. The van der Waals surface area contributed by atoms with Gasteiger partial charge in [-0.15, -0.1) is 0 Å². The van der Waals surface area contributed by atoms with Gasteiger partial charge in [0.25, 0.3) is 0 Å². The van der Waals surface area contributed by atoms with E-state index in [4.69, 9.17) is 9.47 Å². The summed E-state index contributed by atoms with van der Waals surface area (Å²) >= 11 is 0. The first-order valence-electron chi connectivity index (χ1n) is 9.04. The van der Waals surface area contributed by atoms with Gasteiger partial charge in [-0.3, -0.25) is 0 Å². The molecule has 0 aliphatic carbocycles. The second kappa shape index (κ2) is 10.1. The maximum atomic E-state index is 13.4. The SMILES string of the molecule is CC(C)c1ccnc(NCCOCCOc2cc(F)ccc2C(C)C)n1.[HH]. The molecular formula is C20H30FN3O2. The van der Waals surface area contributed by atoms with Crippen LogP contribution in [0.4, 0.5) is 10.3 Å². The second-order valence-electron chi connectivity index (χ2n) is 6.68. The minimum atomic E-state index is -0.293. The maximum Gasteiger partial charge on any atom is 0.222 e. The van der Waals surface area contributed by atoms with Crippen LogP contribution in [0.3, 0.4) is 0 Å². The molecule has 2 rings (SSSR count). The summed E-state index contributed by atoms with van der Waals surface area (Å²) in [5.74, 6) is 1.54. The van der Waals surface area contributed by atoms with Crippen LogP contribution < -0.4 is 10.1 Å². The molecule has 1 N–H and O–H groups in total. The molecule has 0 bridgehead atoms. The van der Waals surface area contributed by atoms with Crippen LogP contribution in [0.25, 0.3) is 0 Å². The minimum absolute atomic E-state index is 0. The summed E-state index contributed by atoms with van der Waals surface area (Å²) in [6, 6.07) is 6.57. The summed E-state index contributed by atoms with van der Waals surface area (Å²) in [5, 5.41) is 3.14. The van der Waals surface area contributed by atoms with E-state index in [1.807, 2.05) is 6.07 Å². The normalized spacial score (nSPS) is 11.2. The first kappa shape index (κ1) is 20.1. The van der Waals surface area contributed by atoms with Gasteiger partial charge in [0.15, 0.2) is 0 Å². The van der Waals surface area contributed by atoms with Crippen molar-refractivity contribution in [2.45, 2.75) is 39.5 Å². The molecule has 0 saturated carbocycles. The van der Waals surface area contributed by atoms with E-state index < -0.39 is 0 Å². The largest absolute Gasteiger partial charge is 0.491 e. The van der Waals surface area contributed by atoms with Crippen LogP contribution in [0, 0.1) is 5.82 Å². The highest BCUT2D eigenvalue weighted by molar-refractivity contribution is 5.36. The van der Waals surface area contributed by atoms with E-state index in [1.54, 1.807) is 12.3 Å². The smallest absolute Gasteiger partial charge is 0.222 e. The molecule has 0 spiro atoms. The first-order chi connectivity index (χ1) is 12.5. The Morgan fingerprint density at radius 1 is 1.08 bits per heavy atom. The summed E-state index contributed by atoms with van der Waals surface area (Å²) in [7, 11) is 0. The van der Waals surface area contributed by atoms with Crippen LogP contribution in [0.2, 0.25) is 0 Å². The van der Waals surface area contributed by atoms with Crippen molar-refractivity contribution in [1.29, 1.82) is 0 Å². The number of rotatable bonds is 10. The molecule has 6 heteroatoms. The van der Waals surface area contributed by atoms with E-state index in [0.717, 1.165) is 11.3 Å². The molecule has 0 aliphatic rings. The predicted octanol–water partition coefficient (Wildman–Crippen LogP) is 4.62. The molecule has 5 nitrogen and oxygen atoms in total. The van der Waals surface area contributed by atoms with Gasteiger partial charge >= 0.3 is 0 Å². The van der Waals surface area contributed by atoms with Crippen molar-refractivity contribution >= 4 is 5.95 Å². The van der Waals surface area contributed by atoms with Crippen molar-refractivity contribution in [3.05, 3.63) is 47.5 Å². The molecule has 1 heterocycles. The van der Waals surface area contributed by atoms with Crippen LogP contribution in [0.15, 0.2) is 30.5 Å². The lowest BCUT2D eigenvalue weighted by Crippen LogP contribution is -2.15. The Balaban J connectivity index is 0.00000364. The highest BCUT2D eigenvalue weighted by Gasteiger charge is 2.09. The highest BCUT2D eigenvalue weighted by atomic mass is 19.1. The minimum Gasteiger partial charge on any atom is -0.491 e. The maximum absolute atomic E-state index is 13.4. The summed E-state index contributed by atoms with van der Waals surface area (Å²) in [6.45, 7) is 10.2. The fraction of sp³-hybridized carbons (Fsp3) is 0.500. The topological polar surface area (TPSA) is 56.3 Å². The average molecular weight is 363 g/mol. The van der Waals surface area contributed by atoms with Gasteiger partial charge in [-0.05, 0) is 29.5 Å². The van der Waals surface area contributed by atoms with Gasteiger partial charge in [0.05, 0.1) is 13.2 Å². The number of nitrogens with one attached hydrogen (secondary N) is 1.